The number of hydrogen-bond donors (Lipinski definition) is 1. The number of fused-ring (bicyclic) bond motifs is 1. The van der Waals surface area contributed by atoms with Gasteiger partial charge in [0.25, 0.3) is 5.56 Å². The number of nitrogens with zero attached hydrogens (tertiary/aromatic N) is 2. The molecule has 1 aromatic carbocycles. The number of rotatable bonds is 2. The first-order valence-electron chi connectivity index (χ1n) is 6.03. The summed E-state index contributed by atoms with van der Waals surface area (Å²) in [7, 11) is 0. The van der Waals surface area contributed by atoms with Gasteiger partial charge in [-0.25, -0.2) is 4.98 Å². The lowest BCUT2D eigenvalue weighted by Gasteiger charge is -2.11. The summed E-state index contributed by atoms with van der Waals surface area (Å²) in [5.74, 6) is 0.460. The second kappa shape index (κ2) is 4.57. The topological polar surface area (TPSA) is 60.9 Å². The number of hydrogen-bond acceptors (Lipinski definition) is 3. The summed E-state index contributed by atoms with van der Waals surface area (Å²) >= 11 is 0. The molecule has 2 N–H and O–H groups in total. The fourth-order valence-electron chi connectivity index (χ4n) is 2.16. The summed E-state index contributed by atoms with van der Waals surface area (Å²) in [6.45, 7) is 0.430. The Hall–Kier alpha value is -2.62. The summed E-state index contributed by atoms with van der Waals surface area (Å²) in [6.07, 6.45) is 1.64. The quantitative estimate of drug-likeness (QED) is 0.758. The minimum atomic E-state index is -0.0399. The number of nitrogen functional groups attached to an aromatic ring is 1. The third-order valence-corrected chi connectivity index (χ3v) is 3.15. The highest BCUT2D eigenvalue weighted by Gasteiger charge is 2.05. The van der Waals surface area contributed by atoms with Gasteiger partial charge in [0, 0.05) is 17.8 Å². The molecule has 0 fully saturated rings. The highest BCUT2D eigenvalue weighted by Crippen LogP contribution is 2.14. The van der Waals surface area contributed by atoms with Crippen LogP contribution in [0.2, 0.25) is 0 Å². The molecule has 2 aromatic heterocycles. The Labute approximate surface area is 110 Å². The number of pyridine rings is 2. The molecule has 0 radical (unpaired) electrons. The first-order valence-corrected chi connectivity index (χ1v) is 6.03. The summed E-state index contributed by atoms with van der Waals surface area (Å²) in [5, 5.41) is 1.03. The van der Waals surface area contributed by atoms with Crippen LogP contribution in [0, 0.1) is 0 Å². The maximum Gasteiger partial charge on any atom is 0.251 e. The predicted molar refractivity (Wildman–Crippen MR) is 76.0 cm³/mol. The monoisotopic (exact) mass is 251 g/mol. The van der Waals surface area contributed by atoms with E-state index in [1.165, 1.54) is 0 Å². The number of aromatic nitrogens is 2. The standard InChI is InChI=1S/C15H13N3O/c16-15-12(5-3-9-17-15)10-18-13-6-2-1-4-11(13)7-8-14(18)19/h1-9H,10H2,(H2,16,17). The molecule has 0 amide bonds. The van der Waals surface area contributed by atoms with Crippen molar-refractivity contribution < 1.29 is 0 Å². The fourth-order valence-corrected chi connectivity index (χ4v) is 2.16. The van der Waals surface area contributed by atoms with E-state index in [1.807, 2.05) is 42.5 Å². The van der Waals surface area contributed by atoms with E-state index in [9.17, 15) is 4.79 Å². The third kappa shape index (κ3) is 2.08. The Kier molecular flexibility index (Phi) is 2.76. The molecule has 0 aliphatic rings. The minimum absolute atomic E-state index is 0.0399. The summed E-state index contributed by atoms with van der Waals surface area (Å²) in [4.78, 5) is 16.1. The van der Waals surface area contributed by atoms with Crippen molar-refractivity contribution in [3.8, 4) is 0 Å². The first-order chi connectivity index (χ1) is 9.25. The fraction of sp³-hybridized carbons (Fsp3) is 0.0667. The van der Waals surface area contributed by atoms with Crippen LogP contribution in [0.15, 0.2) is 59.5 Å². The van der Waals surface area contributed by atoms with Gasteiger partial charge in [0.1, 0.15) is 5.82 Å². The molecule has 0 aliphatic heterocycles. The van der Waals surface area contributed by atoms with E-state index in [0.29, 0.717) is 12.4 Å². The van der Waals surface area contributed by atoms with Gasteiger partial charge in [-0.1, -0.05) is 24.3 Å². The maximum absolute atomic E-state index is 12.1. The molecule has 3 rings (SSSR count). The van der Waals surface area contributed by atoms with Crippen LogP contribution in [0.5, 0.6) is 0 Å². The van der Waals surface area contributed by atoms with Gasteiger partial charge in [-0.2, -0.15) is 0 Å². The van der Waals surface area contributed by atoms with Crippen molar-refractivity contribution in [3.63, 3.8) is 0 Å². The third-order valence-electron chi connectivity index (χ3n) is 3.15. The highest BCUT2D eigenvalue weighted by molar-refractivity contribution is 5.78. The molecule has 4 heteroatoms. The molecule has 3 aromatic rings. The predicted octanol–water partition coefficient (Wildman–Crippen LogP) is 2.03. The second-order valence-corrected chi connectivity index (χ2v) is 4.36. The van der Waals surface area contributed by atoms with E-state index in [1.54, 1.807) is 16.8 Å². The molecule has 0 aliphatic carbocycles. The van der Waals surface area contributed by atoms with Gasteiger partial charge in [-0.15, -0.1) is 0 Å². The van der Waals surface area contributed by atoms with Crippen LogP contribution in [0.25, 0.3) is 10.9 Å². The zero-order valence-electron chi connectivity index (χ0n) is 10.3. The van der Waals surface area contributed by atoms with Gasteiger partial charge in [-0.05, 0) is 23.6 Å². The summed E-state index contributed by atoms with van der Waals surface area (Å²) < 4.78 is 1.71. The van der Waals surface area contributed by atoms with Crippen molar-refractivity contribution >= 4 is 16.7 Å². The van der Waals surface area contributed by atoms with Crippen LogP contribution < -0.4 is 11.3 Å². The van der Waals surface area contributed by atoms with Gasteiger partial charge in [-0.3, -0.25) is 4.79 Å². The van der Waals surface area contributed by atoms with Crippen LogP contribution in [-0.4, -0.2) is 9.55 Å². The Morgan fingerprint density at radius 1 is 1.05 bits per heavy atom. The van der Waals surface area contributed by atoms with Crippen LogP contribution in [0.4, 0.5) is 5.82 Å². The van der Waals surface area contributed by atoms with E-state index < -0.39 is 0 Å². The average molecular weight is 251 g/mol. The molecule has 0 saturated carbocycles. The highest BCUT2D eigenvalue weighted by atomic mass is 16.1. The Bertz CT molecular complexity index is 792. The lowest BCUT2D eigenvalue weighted by molar-refractivity contribution is 0.793. The molecule has 4 nitrogen and oxygen atoms in total. The normalized spacial score (nSPS) is 10.7. The van der Waals surface area contributed by atoms with Gasteiger partial charge < -0.3 is 10.3 Å². The van der Waals surface area contributed by atoms with Crippen LogP contribution in [0.1, 0.15) is 5.56 Å². The molecule has 2 heterocycles. The van der Waals surface area contributed by atoms with Gasteiger partial charge >= 0.3 is 0 Å². The van der Waals surface area contributed by atoms with Crippen molar-refractivity contribution in [2.24, 2.45) is 0 Å². The molecule has 0 saturated heterocycles. The minimum Gasteiger partial charge on any atom is -0.383 e. The van der Waals surface area contributed by atoms with Gasteiger partial charge in [0.05, 0.1) is 12.1 Å². The lowest BCUT2D eigenvalue weighted by Crippen LogP contribution is -2.20. The van der Waals surface area contributed by atoms with Gasteiger partial charge in [0.15, 0.2) is 0 Å². The number of benzene rings is 1. The Morgan fingerprint density at radius 2 is 1.89 bits per heavy atom. The average Bonchev–Trinajstić information content (AvgIpc) is 2.44. The SMILES string of the molecule is Nc1ncccc1Cn1c(=O)ccc2ccccc21. The first kappa shape index (κ1) is 11.5. The number of nitrogens with two attached hydrogens (primary N) is 1. The summed E-state index contributed by atoms with van der Waals surface area (Å²) in [5.41, 5.74) is 7.55. The number of anilines is 1. The van der Waals surface area contributed by atoms with E-state index in [2.05, 4.69) is 4.98 Å². The van der Waals surface area contributed by atoms with Crippen molar-refractivity contribution in [2.45, 2.75) is 6.54 Å². The molecule has 0 unspecified atom stereocenters. The van der Waals surface area contributed by atoms with Crippen molar-refractivity contribution in [2.75, 3.05) is 5.73 Å². The zero-order chi connectivity index (χ0) is 13.2. The molecule has 0 bridgehead atoms. The van der Waals surface area contributed by atoms with Crippen molar-refractivity contribution in [1.29, 1.82) is 0 Å². The van der Waals surface area contributed by atoms with Crippen molar-refractivity contribution in [3.05, 3.63) is 70.6 Å². The van der Waals surface area contributed by atoms with Crippen LogP contribution >= 0.6 is 0 Å². The molecule has 94 valence electrons. The van der Waals surface area contributed by atoms with Gasteiger partial charge in [0.2, 0.25) is 0 Å². The smallest absolute Gasteiger partial charge is 0.251 e. The molecule has 0 spiro atoms. The van der Waals surface area contributed by atoms with E-state index in [4.69, 9.17) is 5.73 Å². The lowest BCUT2D eigenvalue weighted by atomic mass is 10.2. The van der Waals surface area contributed by atoms with E-state index in [0.717, 1.165) is 16.5 Å². The Balaban J connectivity index is 2.18. The summed E-state index contributed by atoms with van der Waals surface area (Å²) in [6, 6.07) is 14.9. The molecule has 0 atom stereocenters. The largest absolute Gasteiger partial charge is 0.383 e. The van der Waals surface area contributed by atoms with E-state index >= 15 is 0 Å². The zero-order valence-corrected chi connectivity index (χ0v) is 10.3. The van der Waals surface area contributed by atoms with Crippen LogP contribution in [0.3, 0.4) is 0 Å². The molecular formula is C15H13N3O. The van der Waals surface area contributed by atoms with Crippen LogP contribution in [-0.2, 0) is 6.54 Å². The Morgan fingerprint density at radius 3 is 2.74 bits per heavy atom. The maximum atomic E-state index is 12.1. The van der Waals surface area contributed by atoms with Crippen molar-refractivity contribution in [1.82, 2.24) is 9.55 Å². The second-order valence-electron chi connectivity index (χ2n) is 4.36. The molecule has 19 heavy (non-hydrogen) atoms. The number of para-hydroxylation sites is 1. The molecular weight excluding hydrogens is 238 g/mol. The van der Waals surface area contributed by atoms with E-state index in [-0.39, 0.29) is 5.56 Å².